The van der Waals surface area contributed by atoms with Crippen molar-refractivity contribution in [2.24, 2.45) is 5.73 Å². The number of nitrogens with two attached hydrogens (primary N) is 1. The fourth-order valence-electron chi connectivity index (χ4n) is 1.26. The molecule has 12 heavy (non-hydrogen) atoms. The van der Waals surface area contributed by atoms with Gasteiger partial charge in [0.15, 0.2) is 0 Å². The Labute approximate surface area is 68.4 Å². The fourth-order valence-corrected chi connectivity index (χ4v) is 1.26. The third kappa shape index (κ3) is 0.887. The van der Waals surface area contributed by atoms with Gasteiger partial charge in [-0.1, -0.05) is 0 Å². The highest BCUT2D eigenvalue weighted by atomic mass is 19.1. The first kappa shape index (κ1) is 7.24. The number of nitrogens with one attached hydrogen (secondary N) is 1. The van der Waals surface area contributed by atoms with Crippen LogP contribution in [0, 0.1) is 5.82 Å². The highest BCUT2D eigenvalue weighted by Gasteiger charge is 2.26. The third-order valence-electron chi connectivity index (χ3n) is 1.89. The third-order valence-corrected chi connectivity index (χ3v) is 1.89. The van der Waals surface area contributed by atoms with Crippen molar-refractivity contribution < 1.29 is 9.18 Å². The quantitative estimate of drug-likeness (QED) is 0.598. The Hall–Kier alpha value is -1.42. The number of hydrogen-bond acceptors (Lipinski definition) is 2. The molecule has 0 aromatic heterocycles. The molecular weight excluding hydrogens is 159 g/mol. The van der Waals surface area contributed by atoms with E-state index in [1.54, 1.807) is 0 Å². The smallest absolute Gasteiger partial charge is 0.245 e. The largest absolute Gasteiger partial charge is 0.324 e. The number of hydrogen-bond donors (Lipinski definition) is 2. The highest BCUT2D eigenvalue weighted by Crippen LogP contribution is 2.29. The van der Waals surface area contributed by atoms with E-state index in [1.807, 2.05) is 0 Å². The van der Waals surface area contributed by atoms with Crippen LogP contribution in [0.25, 0.3) is 0 Å². The molecule has 1 amide bonds. The maximum absolute atomic E-state index is 12.7. The van der Waals surface area contributed by atoms with Crippen molar-refractivity contribution in [2.45, 2.75) is 6.04 Å². The van der Waals surface area contributed by atoms with Gasteiger partial charge in [-0.05, 0) is 18.2 Å². The average Bonchev–Trinajstić information content (AvgIpc) is 2.31. The van der Waals surface area contributed by atoms with E-state index in [1.165, 1.54) is 18.2 Å². The van der Waals surface area contributed by atoms with E-state index in [-0.39, 0.29) is 11.7 Å². The molecule has 1 aromatic carbocycles. The lowest BCUT2D eigenvalue weighted by molar-refractivity contribution is -0.116. The van der Waals surface area contributed by atoms with Gasteiger partial charge in [0, 0.05) is 11.3 Å². The molecule has 4 heteroatoms. The summed E-state index contributed by atoms with van der Waals surface area (Å²) in [4.78, 5) is 11.0. The van der Waals surface area contributed by atoms with E-state index in [2.05, 4.69) is 5.32 Å². The Bertz CT molecular complexity index is 351. The second-order valence-electron chi connectivity index (χ2n) is 2.70. The summed E-state index contributed by atoms with van der Waals surface area (Å²) in [5, 5.41) is 2.54. The van der Waals surface area contributed by atoms with Crippen LogP contribution in [0.4, 0.5) is 10.1 Å². The number of anilines is 1. The van der Waals surface area contributed by atoms with Gasteiger partial charge in [0.1, 0.15) is 11.9 Å². The van der Waals surface area contributed by atoms with Crippen LogP contribution in [0.3, 0.4) is 0 Å². The lowest BCUT2D eigenvalue weighted by atomic mass is 10.1. The van der Waals surface area contributed by atoms with Crippen LogP contribution in [-0.4, -0.2) is 5.91 Å². The normalized spacial score (nSPS) is 20.5. The maximum Gasteiger partial charge on any atom is 0.245 e. The first-order valence-electron chi connectivity index (χ1n) is 3.54. The van der Waals surface area contributed by atoms with Crippen LogP contribution < -0.4 is 11.1 Å². The van der Waals surface area contributed by atoms with Crippen LogP contribution in [0.1, 0.15) is 11.6 Å². The molecule has 3 N–H and O–H groups in total. The first-order chi connectivity index (χ1) is 5.68. The van der Waals surface area contributed by atoms with Gasteiger partial charge >= 0.3 is 0 Å². The van der Waals surface area contributed by atoms with Gasteiger partial charge in [-0.3, -0.25) is 4.79 Å². The van der Waals surface area contributed by atoms with E-state index in [4.69, 9.17) is 5.73 Å². The molecule has 3 nitrogen and oxygen atoms in total. The predicted octanol–water partition coefficient (Wildman–Crippen LogP) is 0.778. The van der Waals surface area contributed by atoms with Gasteiger partial charge in [-0.25, -0.2) is 4.39 Å². The summed E-state index contributed by atoms with van der Waals surface area (Å²) in [6, 6.07) is 3.35. The molecule has 1 aromatic rings. The van der Waals surface area contributed by atoms with Gasteiger partial charge in [0.05, 0.1) is 0 Å². The molecule has 0 bridgehead atoms. The predicted molar refractivity (Wildman–Crippen MR) is 42.0 cm³/mol. The molecule has 1 aliphatic heterocycles. The van der Waals surface area contributed by atoms with Crippen LogP contribution in [-0.2, 0) is 4.79 Å². The topological polar surface area (TPSA) is 55.1 Å². The van der Waals surface area contributed by atoms with Crippen molar-refractivity contribution in [2.75, 3.05) is 5.32 Å². The van der Waals surface area contributed by atoms with Crippen molar-refractivity contribution in [1.82, 2.24) is 0 Å². The van der Waals surface area contributed by atoms with Gasteiger partial charge < -0.3 is 11.1 Å². The number of carbonyl (C=O) groups excluding carboxylic acids is 1. The van der Waals surface area contributed by atoms with Crippen molar-refractivity contribution in [3.05, 3.63) is 29.6 Å². The minimum absolute atomic E-state index is 0.282. The molecule has 1 atom stereocenters. The Morgan fingerprint density at radius 1 is 1.50 bits per heavy atom. The summed E-state index contributed by atoms with van der Waals surface area (Å²) >= 11 is 0. The van der Waals surface area contributed by atoms with Crippen LogP contribution in [0.15, 0.2) is 18.2 Å². The molecule has 0 saturated carbocycles. The molecule has 0 fully saturated rings. The number of halogens is 1. The van der Waals surface area contributed by atoms with E-state index < -0.39 is 6.04 Å². The molecule has 0 spiro atoms. The molecule has 0 unspecified atom stereocenters. The van der Waals surface area contributed by atoms with E-state index in [0.717, 1.165) is 0 Å². The number of fused-ring (bicyclic) bond motifs is 1. The van der Waals surface area contributed by atoms with E-state index in [0.29, 0.717) is 11.3 Å². The van der Waals surface area contributed by atoms with Crippen molar-refractivity contribution in [3.8, 4) is 0 Å². The van der Waals surface area contributed by atoms with Crippen molar-refractivity contribution in [1.29, 1.82) is 0 Å². The molecule has 0 aliphatic carbocycles. The molecule has 0 saturated heterocycles. The Morgan fingerprint density at radius 3 is 3.00 bits per heavy atom. The number of carbonyl (C=O) groups is 1. The summed E-state index contributed by atoms with van der Waals surface area (Å²) in [6.07, 6.45) is 0. The number of rotatable bonds is 0. The molecule has 0 radical (unpaired) electrons. The first-order valence-corrected chi connectivity index (χ1v) is 3.54. The van der Waals surface area contributed by atoms with Crippen molar-refractivity contribution in [3.63, 3.8) is 0 Å². The highest BCUT2D eigenvalue weighted by molar-refractivity contribution is 6.02. The lowest BCUT2D eigenvalue weighted by Gasteiger charge is -1.99. The van der Waals surface area contributed by atoms with Crippen molar-refractivity contribution >= 4 is 11.6 Å². The lowest BCUT2D eigenvalue weighted by Crippen LogP contribution is -2.19. The minimum atomic E-state index is -0.726. The second-order valence-corrected chi connectivity index (χ2v) is 2.70. The Balaban J connectivity index is 2.55. The zero-order chi connectivity index (χ0) is 8.72. The fraction of sp³-hybridized carbons (Fsp3) is 0.125. The summed E-state index contributed by atoms with van der Waals surface area (Å²) in [5.41, 5.74) is 6.61. The Morgan fingerprint density at radius 2 is 2.25 bits per heavy atom. The van der Waals surface area contributed by atoms with Gasteiger partial charge in [0.2, 0.25) is 5.91 Å². The second kappa shape index (κ2) is 2.28. The van der Waals surface area contributed by atoms with Crippen LogP contribution in [0.2, 0.25) is 0 Å². The summed E-state index contributed by atoms with van der Waals surface area (Å²) in [5.74, 6) is -0.656. The minimum Gasteiger partial charge on any atom is -0.324 e. The van der Waals surface area contributed by atoms with E-state index in [9.17, 15) is 9.18 Å². The van der Waals surface area contributed by atoms with Crippen LogP contribution in [0.5, 0.6) is 0 Å². The summed E-state index contributed by atoms with van der Waals surface area (Å²) in [7, 11) is 0. The number of benzene rings is 1. The average molecular weight is 166 g/mol. The number of amides is 1. The monoisotopic (exact) mass is 166 g/mol. The van der Waals surface area contributed by atoms with Crippen LogP contribution >= 0.6 is 0 Å². The van der Waals surface area contributed by atoms with E-state index >= 15 is 0 Å². The van der Waals surface area contributed by atoms with Gasteiger partial charge in [0.25, 0.3) is 0 Å². The van der Waals surface area contributed by atoms with Gasteiger partial charge in [-0.2, -0.15) is 0 Å². The Kier molecular flexibility index (Phi) is 1.38. The van der Waals surface area contributed by atoms with Gasteiger partial charge in [-0.15, -0.1) is 0 Å². The molecule has 1 aliphatic rings. The zero-order valence-corrected chi connectivity index (χ0v) is 6.17. The summed E-state index contributed by atoms with van der Waals surface area (Å²) < 4.78 is 12.7. The SMILES string of the molecule is N[C@H]1C(=O)Nc2ccc(F)cc21. The standard InChI is InChI=1S/C8H7FN2O/c9-4-1-2-6-5(3-4)7(10)8(12)11-6/h1-3,7H,10H2,(H,11,12)/t7-/m1/s1. The summed E-state index contributed by atoms with van der Waals surface area (Å²) in [6.45, 7) is 0. The molecule has 62 valence electrons. The molecule has 2 rings (SSSR count). The maximum atomic E-state index is 12.7. The zero-order valence-electron chi connectivity index (χ0n) is 6.17. The molecular formula is C8H7FN2O. The molecule has 1 heterocycles.